The van der Waals surface area contributed by atoms with E-state index in [1.54, 1.807) is 12.1 Å². The fourth-order valence-electron chi connectivity index (χ4n) is 1.62. The maximum Gasteiger partial charge on any atom is 0.323 e. The summed E-state index contributed by atoms with van der Waals surface area (Å²) in [6.45, 7) is 1.99. The molecule has 0 bridgehead atoms. The van der Waals surface area contributed by atoms with E-state index >= 15 is 0 Å². The average Bonchev–Trinajstić information content (AvgIpc) is 2.36. The van der Waals surface area contributed by atoms with Crippen LogP contribution in [0.25, 0.3) is 0 Å². The van der Waals surface area contributed by atoms with E-state index in [0.29, 0.717) is 20.3 Å². The van der Waals surface area contributed by atoms with Gasteiger partial charge in [-0.25, -0.2) is 4.79 Å². The van der Waals surface area contributed by atoms with Crippen molar-refractivity contribution < 1.29 is 4.79 Å². The highest BCUT2D eigenvalue weighted by Gasteiger charge is 2.10. The van der Waals surface area contributed by atoms with Gasteiger partial charge in [-0.15, -0.1) is 0 Å². The Bertz CT molecular complexity index is 618. The molecule has 0 saturated heterocycles. The first-order chi connectivity index (χ1) is 9.45. The molecule has 0 aromatic heterocycles. The van der Waals surface area contributed by atoms with Gasteiger partial charge >= 0.3 is 6.03 Å². The van der Waals surface area contributed by atoms with Crippen LogP contribution in [0.4, 0.5) is 21.9 Å². The number of anilines is 3. The third-order valence-electron chi connectivity index (χ3n) is 2.61. The predicted octanol–water partition coefficient (Wildman–Crippen LogP) is 4.75. The number of hydrogen-bond acceptors (Lipinski definition) is 2. The van der Waals surface area contributed by atoms with Gasteiger partial charge in [0.25, 0.3) is 0 Å². The van der Waals surface area contributed by atoms with Crippen molar-refractivity contribution in [3.8, 4) is 0 Å². The summed E-state index contributed by atoms with van der Waals surface area (Å²) in [5, 5.41) is 5.53. The van der Waals surface area contributed by atoms with Crippen LogP contribution < -0.4 is 16.4 Å². The topological polar surface area (TPSA) is 67.2 Å². The van der Waals surface area contributed by atoms with Gasteiger partial charge < -0.3 is 16.4 Å². The second kappa shape index (κ2) is 6.28. The third kappa shape index (κ3) is 3.74. The smallest absolute Gasteiger partial charge is 0.323 e. The first kappa shape index (κ1) is 14.9. The van der Waals surface area contributed by atoms with Gasteiger partial charge in [0.05, 0.1) is 5.69 Å². The second-order valence-corrected chi connectivity index (χ2v) is 6.01. The number of rotatable bonds is 2. The van der Waals surface area contributed by atoms with E-state index in [1.165, 1.54) is 0 Å². The maximum absolute atomic E-state index is 12.0. The summed E-state index contributed by atoms with van der Waals surface area (Å²) < 4.78 is 1.42. The molecular weight excluding hydrogens is 386 g/mol. The van der Waals surface area contributed by atoms with E-state index in [1.807, 2.05) is 31.2 Å². The molecule has 4 N–H and O–H groups in total. The van der Waals surface area contributed by atoms with Crippen LogP contribution in [-0.4, -0.2) is 6.03 Å². The lowest BCUT2D eigenvalue weighted by atomic mass is 10.2. The maximum atomic E-state index is 12.0. The zero-order chi connectivity index (χ0) is 14.7. The molecule has 0 heterocycles. The molecule has 0 spiro atoms. The van der Waals surface area contributed by atoms with Crippen molar-refractivity contribution >= 4 is 55.0 Å². The van der Waals surface area contributed by atoms with Crippen LogP contribution in [0.5, 0.6) is 0 Å². The van der Waals surface area contributed by atoms with Gasteiger partial charge in [-0.3, -0.25) is 0 Å². The summed E-state index contributed by atoms with van der Waals surface area (Å²) in [6.07, 6.45) is 0. The number of amides is 2. The zero-order valence-electron chi connectivity index (χ0n) is 10.7. The van der Waals surface area contributed by atoms with Crippen LogP contribution in [-0.2, 0) is 0 Å². The molecular formula is C14H13Br2N3O. The van der Waals surface area contributed by atoms with Crippen LogP contribution >= 0.6 is 31.9 Å². The minimum absolute atomic E-state index is 0.319. The Hall–Kier alpha value is -1.53. The Balaban J connectivity index is 2.10. The molecule has 0 aliphatic rings. The molecule has 0 saturated carbocycles. The van der Waals surface area contributed by atoms with E-state index < -0.39 is 0 Å². The van der Waals surface area contributed by atoms with E-state index in [-0.39, 0.29) is 6.03 Å². The molecule has 2 amide bonds. The Kier molecular flexibility index (Phi) is 4.67. The Labute approximate surface area is 134 Å². The highest BCUT2D eigenvalue weighted by molar-refractivity contribution is 9.11. The quantitative estimate of drug-likeness (QED) is 0.639. The SMILES string of the molecule is Cc1ccc(NC(=O)Nc2c(Br)cc(N)cc2Br)cc1. The Morgan fingerprint density at radius 2 is 1.60 bits per heavy atom. The number of nitrogen functional groups attached to an aromatic ring is 1. The van der Waals surface area contributed by atoms with Crippen molar-refractivity contribution in [1.29, 1.82) is 0 Å². The monoisotopic (exact) mass is 397 g/mol. The molecule has 20 heavy (non-hydrogen) atoms. The first-order valence-electron chi connectivity index (χ1n) is 5.85. The normalized spacial score (nSPS) is 10.2. The zero-order valence-corrected chi connectivity index (χ0v) is 13.9. The lowest BCUT2D eigenvalue weighted by Gasteiger charge is -2.12. The molecule has 104 valence electrons. The van der Waals surface area contributed by atoms with Crippen LogP contribution in [0, 0.1) is 6.92 Å². The molecule has 2 rings (SSSR count). The molecule has 4 nitrogen and oxygen atoms in total. The molecule has 0 aliphatic heterocycles. The summed E-state index contributed by atoms with van der Waals surface area (Å²) in [5.74, 6) is 0. The van der Waals surface area contributed by atoms with Crippen LogP contribution in [0.2, 0.25) is 0 Å². The average molecular weight is 399 g/mol. The van der Waals surface area contributed by atoms with E-state index in [9.17, 15) is 4.79 Å². The highest BCUT2D eigenvalue weighted by Crippen LogP contribution is 2.33. The standard InChI is InChI=1S/C14H13Br2N3O/c1-8-2-4-10(5-3-8)18-14(20)19-13-11(15)6-9(17)7-12(13)16/h2-7H,17H2,1H3,(H2,18,19,20). The van der Waals surface area contributed by atoms with E-state index in [0.717, 1.165) is 11.3 Å². The number of halogens is 2. The number of hydrogen-bond donors (Lipinski definition) is 3. The number of nitrogens with two attached hydrogens (primary N) is 1. The molecule has 6 heteroatoms. The summed E-state index contributed by atoms with van der Waals surface area (Å²) >= 11 is 6.74. The fourth-order valence-corrected chi connectivity index (χ4v) is 3.05. The number of nitrogens with one attached hydrogen (secondary N) is 2. The number of carbonyl (C=O) groups is 1. The molecule has 2 aromatic rings. The lowest BCUT2D eigenvalue weighted by molar-refractivity contribution is 0.262. The summed E-state index contributed by atoms with van der Waals surface area (Å²) in [5.41, 5.74) is 8.81. The molecule has 0 atom stereocenters. The largest absolute Gasteiger partial charge is 0.399 e. The Morgan fingerprint density at radius 1 is 1.05 bits per heavy atom. The van der Waals surface area contributed by atoms with Gasteiger partial charge in [-0.1, -0.05) is 17.7 Å². The number of aryl methyl sites for hydroxylation is 1. The third-order valence-corrected chi connectivity index (χ3v) is 3.86. The number of carbonyl (C=O) groups excluding carboxylic acids is 1. The van der Waals surface area contributed by atoms with Gasteiger partial charge in [0.2, 0.25) is 0 Å². The summed E-state index contributed by atoms with van der Waals surface area (Å²) in [4.78, 5) is 12.0. The number of urea groups is 1. The van der Waals surface area contributed by atoms with E-state index in [2.05, 4.69) is 42.5 Å². The summed E-state index contributed by atoms with van der Waals surface area (Å²) in [6, 6.07) is 10.7. The molecule has 0 unspecified atom stereocenters. The minimum Gasteiger partial charge on any atom is -0.399 e. The Morgan fingerprint density at radius 3 is 2.15 bits per heavy atom. The first-order valence-corrected chi connectivity index (χ1v) is 7.43. The lowest BCUT2D eigenvalue weighted by Crippen LogP contribution is -2.20. The van der Waals surface area contributed by atoms with Crippen molar-refractivity contribution in [2.45, 2.75) is 6.92 Å². The summed E-state index contributed by atoms with van der Waals surface area (Å²) in [7, 11) is 0. The second-order valence-electron chi connectivity index (χ2n) is 4.30. The minimum atomic E-state index is -0.319. The van der Waals surface area contributed by atoms with Crippen LogP contribution in [0.3, 0.4) is 0 Å². The van der Waals surface area contributed by atoms with Crippen LogP contribution in [0.15, 0.2) is 45.3 Å². The van der Waals surface area contributed by atoms with Crippen molar-refractivity contribution in [2.75, 3.05) is 16.4 Å². The molecule has 2 aromatic carbocycles. The van der Waals surface area contributed by atoms with Crippen molar-refractivity contribution in [3.63, 3.8) is 0 Å². The van der Waals surface area contributed by atoms with Gasteiger partial charge in [0, 0.05) is 20.3 Å². The van der Waals surface area contributed by atoms with Crippen molar-refractivity contribution in [3.05, 3.63) is 50.9 Å². The van der Waals surface area contributed by atoms with E-state index in [4.69, 9.17) is 5.73 Å². The van der Waals surface area contributed by atoms with Gasteiger partial charge in [-0.2, -0.15) is 0 Å². The molecule has 0 radical (unpaired) electrons. The molecule has 0 fully saturated rings. The van der Waals surface area contributed by atoms with Crippen LogP contribution in [0.1, 0.15) is 5.56 Å². The predicted molar refractivity (Wildman–Crippen MR) is 90.1 cm³/mol. The molecule has 0 aliphatic carbocycles. The van der Waals surface area contributed by atoms with Crippen molar-refractivity contribution in [1.82, 2.24) is 0 Å². The van der Waals surface area contributed by atoms with Crippen molar-refractivity contribution in [2.24, 2.45) is 0 Å². The van der Waals surface area contributed by atoms with Gasteiger partial charge in [-0.05, 0) is 63.0 Å². The highest BCUT2D eigenvalue weighted by atomic mass is 79.9. The van der Waals surface area contributed by atoms with Gasteiger partial charge in [0.15, 0.2) is 0 Å². The van der Waals surface area contributed by atoms with Gasteiger partial charge in [0.1, 0.15) is 0 Å². The fraction of sp³-hybridized carbons (Fsp3) is 0.0714. The number of benzene rings is 2.